The van der Waals surface area contributed by atoms with Gasteiger partial charge in [-0.25, -0.2) is 24.9 Å². The molecule has 0 fully saturated rings. The average Bonchev–Trinajstić information content (AvgIpc) is 1.61. The predicted molar refractivity (Wildman–Crippen MR) is 408 cm³/mol. The van der Waals surface area contributed by atoms with Crippen LogP contribution in [0.5, 0.6) is 0 Å². The van der Waals surface area contributed by atoms with Gasteiger partial charge in [0, 0.05) is 112 Å². The van der Waals surface area contributed by atoms with E-state index in [4.69, 9.17) is 51.4 Å². The SMILES string of the molecule is Cc1[nH]c(-c2ccsc2)nc1-c1ccccc1.Cc1[nH]c(Cc2cccs2)nc1-c1ccc(Cl)c(Cl)c1.Cc1[nH]c(Cc2cccs2)nc1-c1ccc(Cl)cc1Cl.Cc1[nH]c(Cc2cccs2)nc1-c1ccccc1.c1csc(Cc2ncc(-c3ccc4ccccc4c3)[nH]2)c1. The van der Waals surface area contributed by atoms with Crippen molar-refractivity contribution in [1.29, 1.82) is 0 Å². The van der Waals surface area contributed by atoms with Gasteiger partial charge in [-0.05, 0) is 132 Å². The molecule has 0 bridgehead atoms. The number of fused-ring (bicyclic) bond motifs is 1. The molecular weight excluding hydrogens is 1370 g/mol. The van der Waals surface area contributed by atoms with Crippen LogP contribution in [0.15, 0.2) is 233 Å². The minimum atomic E-state index is 0.548. The quantitative estimate of drug-likeness (QED) is 0.0737. The summed E-state index contributed by atoms with van der Waals surface area (Å²) < 4.78 is 0. The average molecular weight is 1430 g/mol. The van der Waals surface area contributed by atoms with Crippen molar-refractivity contribution < 1.29 is 0 Å². The number of benzene rings is 6. The van der Waals surface area contributed by atoms with E-state index in [9.17, 15) is 0 Å². The van der Waals surface area contributed by atoms with Crippen LogP contribution < -0.4 is 0 Å². The molecule has 0 spiro atoms. The number of nitrogens with zero attached hydrogens (tertiary/aromatic N) is 5. The Hall–Kier alpha value is -8.71. The molecule has 480 valence electrons. The van der Waals surface area contributed by atoms with Crippen LogP contribution in [0.1, 0.15) is 65.6 Å². The van der Waals surface area contributed by atoms with Gasteiger partial charge < -0.3 is 24.9 Å². The van der Waals surface area contributed by atoms with E-state index in [-0.39, 0.29) is 0 Å². The smallest absolute Gasteiger partial charge is 0.139 e. The van der Waals surface area contributed by atoms with Gasteiger partial charge in [-0.3, -0.25) is 0 Å². The summed E-state index contributed by atoms with van der Waals surface area (Å²) in [5, 5.41) is 17.4. The number of hydrogen-bond acceptors (Lipinski definition) is 10. The first-order valence-electron chi connectivity index (χ1n) is 30.7. The molecule has 19 heteroatoms. The number of aromatic amines is 5. The molecule has 5 N–H and O–H groups in total. The van der Waals surface area contributed by atoms with Crippen LogP contribution in [-0.2, 0) is 25.7 Å². The molecule has 10 heterocycles. The third kappa shape index (κ3) is 17.7. The zero-order valence-electron chi connectivity index (χ0n) is 52.6. The molecule has 0 amide bonds. The van der Waals surface area contributed by atoms with E-state index >= 15 is 0 Å². The van der Waals surface area contributed by atoms with Gasteiger partial charge in [-0.1, -0.05) is 174 Å². The van der Waals surface area contributed by atoms with Gasteiger partial charge in [0.1, 0.15) is 29.1 Å². The molecule has 6 aromatic carbocycles. The van der Waals surface area contributed by atoms with Crippen LogP contribution in [0.3, 0.4) is 0 Å². The zero-order chi connectivity index (χ0) is 66.3. The minimum absolute atomic E-state index is 0.548. The normalized spacial score (nSPS) is 10.9. The number of thiophene rings is 5. The van der Waals surface area contributed by atoms with Crippen molar-refractivity contribution in [1.82, 2.24) is 49.8 Å². The van der Waals surface area contributed by atoms with Crippen molar-refractivity contribution >= 4 is 114 Å². The highest BCUT2D eigenvalue weighted by atomic mass is 35.5. The number of rotatable bonds is 14. The summed E-state index contributed by atoms with van der Waals surface area (Å²) in [5.41, 5.74) is 15.8. The monoisotopic (exact) mass is 1430 g/mol. The Morgan fingerprint density at radius 3 is 1.35 bits per heavy atom. The standard InChI is InChI=1S/C18H14N2S.2C15H12Cl2N2S.C15H14N2S.C14H12N2S/c1-2-5-14-10-15(8-7-13(14)4-1)17-12-19-18(20-17)11-16-6-3-9-21-16;1-9-15(12-5-4-10(16)7-13(12)17)19-14(18-9)8-11-3-2-6-20-11;1-9-15(10-4-5-12(16)13(17)7-10)19-14(18-9)8-11-3-2-6-20-11;1-11-15(12-6-3-2-4-7-12)17-14(16-11)10-13-8-5-9-18-13;1-10-13(11-5-3-2-4-6-11)16-14(15-10)12-7-8-17-9-12/h1-10,12H,11H2,(H,19,20);2*2-7H,8H2,1H3,(H,18,19);2-9H,10H2,1H3,(H,16,17);2-9H,1H3,(H,15,16). The second kappa shape index (κ2) is 32.4. The topological polar surface area (TPSA) is 143 Å². The van der Waals surface area contributed by atoms with Gasteiger partial charge in [-0.2, -0.15) is 11.3 Å². The van der Waals surface area contributed by atoms with Crippen LogP contribution >= 0.6 is 103 Å². The molecular formula is C77H64Cl4N10S5. The molecule has 16 rings (SSSR count). The Bertz CT molecular complexity index is 5050. The van der Waals surface area contributed by atoms with Gasteiger partial charge >= 0.3 is 0 Å². The van der Waals surface area contributed by atoms with E-state index in [1.807, 2.05) is 86.8 Å². The van der Waals surface area contributed by atoms with E-state index in [1.165, 1.54) is 41.4 Å². The molecule has 0 radical (unpaired) electrons. The molecule has 96 heavy (non-hydrogen) atoms. The Balaban J connectivity index is 0.000000115. The fourth-order valence-electron chi connectivity index (χ4n) is 10.7. The molecule has 16 aromatic rings. The molecule has 0 unspecified atom stereocenters. The number of halogens is 4. The summed E-state index contributed by atoms with van der Waals surface area (Å²) in [6.45, 7) is 8.16. The summed E-state index contributed by atoms with van der Waals surface area (Å²) in [7, 11) is 0. The van der Waals surface area contributed by atoms with Crippen molar-refractivity contribution in [2.45, 2.75) is 53.4 Å². The first-order valence-corrected chi connectivity index (χ1v) is 36.7. The second-order valence-electron chi connectivity index (χ2n) is 22.4. The third-order valence-corrected chi connectivity index (χ3v) is 20.8. The highest BCUT2D eigenvalue weighted by molar-refractivity contribution is 7.10. The third-order valence-electron chi connectivity index (χ3n) is 15.3. The Morgan fingerprint density at radius 1 is 0.344 bits per heavy atom. The number of hydrogen-bond donors (Lipinski definition) is 5. The number of imidazole rings is 5. The van der Waals surface area contributed by atoms with E-state index in [0.717, 1.165) is 128 Å². The summed E-state index contributed by atoms with van der Waals surface area (Å²) >= 11 is 32.9. The van der Waals surface area contributed by atoms with Gasteiger partial charge in [0.25, 0.3) is 0 Å². The maximum atomic E-state index is 6.25. The highest BCUT2D eigenvalue weighted by Crippen LogP contribution is 2.34. The van der Waals surface area contributed by atoms with Crippen LogP contribution in [-0.4, -0.2) is 49.8 Å². The van der Waals surface area contributed by atoms with E-state index < -0.39 is 0 Å². The number of aromatic nitrogens is 10. The van der Waals surface area contributed by atoms with E-state index in [1.54, 1.807) is 68.8 Å². The van der Waals surface area contributed by atoms with E-state index in [0.29, 0.717) is 20.1 Å². The van der Waals surface area contributed by atoms with Gasteiger partial charge in [0.15, 0.2) is 0 Å². The summed E-state index contributed by atoms with van der Waals surface area (Å²) in [5.74, 6) is 4.91. The molecule has 0 aliphatic carbocycles. The minimum Gasteiger partial charge on any atom is -0.345 e. The Kier molecular flexibility index (Phi) is 22.7. The maximum absolute atomic E-state index is 6.25. The largest absolute Gasteiger partial charge is 0.345 e. The lowest BCUT2D eigenvalue weighted by molar-refractivity contribution is 1.03. The molecule has 0 saturated carbocycles. The summed E-state index contributed by atoms with van der Waals surface area (Å²) in [4.78, 5) is 45.3. The Labute approximate surface area is 597 Å². The zero-order valence-corrected chi connectivity index (χ0v) is 59.7. The lowest BCUT2D eigenvalue weighted by Gasteiger charge is -2.02. The van der Waals surface area contributed by atoms with Crippen LogP contribution in [0, 0.1) is 27.7 Å². The highest BCUT2D eigenvalue weighted by Gasteiger charge is 2.16. The van der Waals surface area contributed by atoms with E-state index in [2.05, 4.69) is 206 Å². The van der Waals surface area contributed by atoms with Crippen molar-refractivity contribution in [2.75, 3.05) is 0 Å². The molecule has 0 aliphatic heterocycles. The second-order valence-corrected chi connectivity index (χ2v) is 28.9. The first kappa shape index (κ1) is 67.3. The predicted octanol–water partition coefficient (Wildman–Crippen LogP) is 23.7. The fourth-order valence-corrected chi connectivity index (χ4v) is 15.0. The number of H-pyrrole nitrogens is 5. The number of nitrogens with one attached hydrogen (secondary N) is 5. The van der Waals surface area contributed by atoms with Crippen molar-refractivity contribution in [2.24, 2.45) is 0 Å². The fraction of sp³-hybridized carbons (Fsp3) is 0.104. The van der Waals surface area contributed by atoms with Crippen molar-refractivity contribution in [3.63, 3.8) is 0 Å². The molecule has 10 aromatic heterocycles. The number of aryl methyl sites for hydroxylation is 4. The first-order chi connectivity index (χ1) is 46.8. The maximum Gasteiger partial charge on any atom is 0.139 e. The summed E-state index contributed by atoms with van der Waals surface area (Å²) in [6, 6.07) is 65.4. The van der Waals surface area contributed by atoms with Crippen LogP contribution in [0.25, 0.3) is 78.4 Å². The lowest BCUT2D eigenvalue weighted by atomic mass is 10.1. The van der Waals surface area contributed by atoms with Gasteiger partial charge in [-0.15, -0.1) is 45.3 Å². The van der Waals surface area contributed by atoms with Gasteiger partial charge in [0.05, 0.1) is 49.7 Å². The van der Waals surface area contributed by atoms with Crippen molar-refractivity contribution in [3.05, 3.63) is 318 Å². The lowest BCUT2D eigenvalue weighted by Crippen LogP contribution is -1.87. The Morgan fingerprint density at radius 2 is 0.833 bits per heavy atom. The molecule has 0 atom stereocenters. The molecule has 10 nitrogen and oxygen atoms in total. The van der Waals surface area contributed by atoms with Crippen LogP contribution in [0.4, 0.5) is 0 Å². The molecule has 0 saturated heterocycles. The summed E-state index contributed by atoms with van der Waals surface area (Å²) in [6.07, 6.45) is 5.30. The molecule has 0 aliphatic rings. The van der Waals surface area contributed by atoms with Crippen molar-refractivity contribution in [3.8, 4) is 67.7 Å². The van der Waals surface area contributed by atoms with Crippen LogP contribution in [0.2, 0.25) is 20.1 Å². The van der Waals surface area contributed by atoms with Gasteiger partial charge in [0.2, 0.25) is 0 Å².